The molecule has 3 nitrogen and oxygen atoms in total. The van der Waals surface area contributed by atoms with Crippen molar-refractivity contribution in [1.82, 2.24) is 5.32 Å². The van der Waals surface area contributed by atoms with E-state index < -0.39 is 0 Å². The van der Waals surface area contributed by atoms with Gasteiger partial charge in [0.1, 0.15) is 16.0 Å². The van der Waals surface area contributed by atoms with E-state index in [9.17, 15) is 0 Å². The second kappa shape index (κ2) is 4.41. The molecule has 0 aliphatic carbocycles. The number of halogens is 1. The number of methoxy groups -OCH3 is 1. The van der Waals surface area contributed by atoms with E-state index in [-0.39, 0.29) is 0 Å². The number of hydrogen-bond donors (Lipinski definition) is 1. The van der Waals surface area contributed by atoms with Gasteiger partial charge in [-0.1, -0.05) is 0 Å². The topological polar surface area (TPSA) is 30.5 Å². The lowest BCUT2D eigenvalue weighted by molar-refractivity contribution is 0.349. The van der Waals surface area contributed by atoms with E-state index in [0.29, 0.717) is 0 Å². The van der Waals surface area contributed by atoms with Crippen molar-refractivity contribution in [3.05, 3.63) is 21.7 Å². The third-order valence-corrected chi connectivity index (χ3v) is 3.24. The Bertz CT molecular complexity index is 379. The van der Waals surface area contributed by atoms with Crippen LogP contribution in [0.15, 0.2) is 10.5 Å². The van der Waals surface area contributed by atoms with Gasteiger partial charge in [-0.15, -0.1) is 0 Å². The smallest absolute Gasteiger partial charge is 0.141 e. The van der Waals surface area contributed by atoms with Crippen molar-refractivity contribution < 1.29 is 9.47 Å². The molecular weight excluding hydrogens is 258 g/mol. The summed E-state index contributed by atoms with van der Waals surface area (Å²) in [5.74, 6) is 1.80. The molecule has 2 rings (SSSR count). The maximum absolute atomic E-state index is 5.56. The Kier molecular flexibility index (Phi) is 3.17. The van der Waals surface area contributed by atoms with Gasteiger partial charge in [-0.2, -0.15) is 0 Å². The number of ether oxygens (including phenoxy) is 2. The quantitative estimate of drug-likeness (QED) is 0.914. The molecule has 1 aliphatic rings. The summed E-state index contributed by atoms with van der Waals surface area (Å²) >= 11 is 3.54. The van der Waals surface area contributed by atoms with E-state index in [1.807, 2.05) is 7.05 Å². The minimum absolute atomic E-state index is 0.764. The maximum Gasteiger partial charge on any atom is 0.141 e. The van der Waals surface area contributed by atoms with Crippen molar-refractivity contribution in [2.45, 2.75) is 13.0 Å². The molecule has 0 spiro atoms. The van der Waals surface area contributed by atoms with Crippen molar-refractivity contribution in [1.29, 1.82) is 0 Å². The first-order valence-electron chi connectivity index (χ1n) is 4.93. The van der Waals surface area contributed by atoms with Crippen LogP contribution < -0.4 is 14.8 Å². The van der Waals surface area contributed by atoms with Crippen molar-refractivity contribution in [3.8, 4) is 11.5 Å². The van der Waals surface area contributed by atoms with Gasteiger partial charge in [0.2, 0.25) is 0 Å². The van der Waals surface area contributed by atoms with E-state index in [4.69, 9.17) is 9.47 Å². The van der Waals surface area contributed by atoms with Gasteiger partial charge in [-0.25, -0.2) is 0 Å². The van der Waals surface area contributed by atoms with Crippen LogP contribution in [-0.4, -0.2) is 20.8 Å². The first-order chi connectivity index (χ1) is 7.27. The molecule has 0 saturated heterocycles. The minimum Gasteiger partial charge on any atom is -0.495 e. The van der Waals surface area contributed by atoms with Crippen LogP contribution in [0.3, 0.4) is 0 Å². The molecule has 0 amide bonds. The van der Waals surface area contributed by atoms with Crippen LogP contribution in [0.25, 0.3) is 0 Å². The van der Waals surface area contributed by atoms with Gasteiger partial charge in [-0.05, 0) is 34.6 Å². The highest BCUT2D eigenvalue weighted by Crippen LogP contribution is 2.42. The van der Waals surface area contributed by atoms with Gasteiger partial charge in [0.15, 0.2) is 0 Å². The van der Waals surface area contributed by atoms with Gasteiger partial charge in [0, 0.05) is 18.5 Å². The second-order valence-corrected chi connectivity index (χ2v) is 4.29. The zero-order valence-corrected chi connectivity index (χ0v) is 10.5. The van der Waals surface area contributed by atoms with Gasteiger partial charge < -0.3 is 14.8 Å². The highest BCUT2D eigenvalue weighted by atomic mass is 79.9. The molecule has 1 aromatic carbocycles. The molecule has 0 radical (unpaired) electrons. The molecular formula is C11H14BrNO2. The normalized spacial score (nSPS) is 13.5. The zero-order valence-electron chi connectivity index (χ0n) is 8.89. The summed E-state index contributed by atoms with van der Waals surface area (Å²) < 4.78 is 11.9. The molecule has 0 saturated carbocycles. The largest absolute Gasteiger partial charge is 0.495 e. The fourth-order valence-electron chi connectivity index (χ4n) is 1.87. The highest BCUT2D eigenvalue weighted by Gasteiger charge is 2.21. The summed E-state index contributed by atoms with van der Waals surface area (Å²) in [6.07, 6.45) is 0.981. The summed E-state index contributed by atoms with van der Waals surface area (Å²) in [6.45, 7) is 1.56. The lowest BCUT2D eigenvalue weighted by Gasteiger charge is -2.13. The highest BCUT2D eigenvalue weighted by molar-refractivity contribution is 9.10. The molecule has 1 N–H and O–H groups in total. The molecule has 0 unspecified atom stereocenters. The molecule has 1 aromatic rings. The molecule has 1 aliphatic heterocycles. The van der Waals surface area contributed by atoms with Gasteiger partial charge >= 0.3 is 0 Å². The standard InChI is InChI=1S/C11H14BrNO2/c1-13-6-8-5-7-3-4-15-11(7)9(12)10(8)14-2/h5,13H,3-4,6H2,1-2H3. The van der Waals surface area contributed by atoms with Crippen LogP contribution >= 0.6 is 15.9 Å². The molecule has 4 heteroatoms. The first-order valence-corrected chi connectivity index (χ1v) is 5.73. The lowest BCUT2D eigenvalue weighted by atomic mass is 10.1. The number of benzene rings is 1. The van der Waals surface area contributed by atoms with Gasteiger partial charge in [0.05, 0.1) is 13.7 Å². The minimum atomic E-state index is 0.764. The van der Waals surface area contributed by atoms with Crippen LogP contribution in [0.2, 0.25) is 0 Å². The lowest BCUT2D eigenvalue weighted by Crippen LogP contribution is -2.07. The van der Waals surface area contributed by atoms with Gasteiger partial charge in [-0.3, -0.25) is 0 Å². The Morgan fingerprint density at radius 3 is 3.07 bits per heavy atom. The number of fused-ring (bicyclic) bond motifs is 1. The Labute approximate surface area is 97.9 Å². The molecule has 15 heavy (non-hydrogen) atoms. The molecule has 0 atom stereocenters. The Morgan fingerprint density at radius 2 is 2.40 bits per heavy atom. The fourth-order valence-corrected chi connectivity index (χ4v) is 2.66. The van der Waals surface area contributed by atoms with E-state index in [1.165, 1.54) is 5.56 Å². The Morgan fingerprint density at radius 1 is 1.60 bits per heavy atom. The predicted molar refractivity (Wildman–Crippen MR) is 62.7 cm³/mol. The van der Waals surface area contributed by atoms with Crippen molar-refractivity contribution in [2.75, 3.05) is 20.8 Å². The molecule has 0 bridgehead atoms. The van der Waals surface area contributed by atoms with Crippen molar-refractivity contribution in [2.24, 2.45) is 0 Å². The number of hydrogen-bond acceptors (Lipinski definition) is 3. The Hall–Kier alpha value is -0.740. The maximum atomic E-state index is 5.56. The molecule has 0 aromatic heterocycles. The summed E-state index contributed by atoms with van der Waals surface area (Å²) in [6, 6.07) is 2.16. The van der Waals surface area contributed by atoms with E-state index in [1.54, 1.807) is 7.11 Å². The number of rotatable bonds is 3. The first kappa shape index (κ1) is 10.8. The average Bonchev–Trinajstić information content (AvgIpc) is 2.67. The van der Waals surface area contributed by atoms with E-state index in [2.05, 4.69) is 27.3 Å². The second-order valence-electron chi connectivity index (χ2n) is 3.50. The van der Waals surface area contributed by atoms with E-state index in [0.717, 1.165) is 41.1 Å². The molecule has 82 valence electrons. The zero-order chi connectivity index (χ0) is 10.8. The van der Waals surface area contributed by atoms with E-state index >= 15 is 0 Å². The monoisotopic (exact) mass is 271 g/mol. The van der Waals surface area contributed by atoms with Crippen LogP contribution in [0, 0.1) is 0 Å². The van der Waals surface area contributed by atoms with Crippen molar-refractivity contribution in [3.63, 3.8) is 0 Å². The summed E-state index contributed by atoms with van der Waals surface area (Å²) in [5.41, 5.74) is 2.42. The third-order valence-electron chi connectivity index (χ3n) is 2.52. The predicted octanol–water partition coefficient (Wildman–Crippen LogP) is 2.11. The average molecular weight is 272 g/mol. The van der Waals surface area contributed by atoms with Gasteiger partial charge in [0.25, 0.3) is 0 Å². The molecule has 0 fully saturated rings. The Balaban J connectivity index is 2.51. The number of nitrogens with one attached hydrogen (secondary N) is 1. The van der Waals surface area contributed by atoms with Crippen LogP contribution in [0.5, 0.6) is 11.5 Å². The van der Waals surface area contributed by atoms with Crippen LogP contribution in [0.4, 0.5) is 0 Å². The summed E-state index contributed by atoms with van der Waals surface area (Å²) in [4.78, 5) is 0. The summed E-state index contributed by atoms with van der Waals surface area (Å²) in [5, 5.41) is 3.14. The van der Waals surface area contributed by atoms with Crippen LogP contribution in [0.1, 0.15) is 11.1 Å². The third kappa shape index (κ3) is 1.84. The van der Waals surface area contributed by atoms with Crippen molar-refractivity contribution >= 4 is 15.9 Å². The SMILES string of the molecule is CNCc1cc2c(c(Br)c1OC)OCC2. The van der Waals surface area contributed by atoms with Crippen LogP contribution in [-0.2, 0) is 13.0 Å². The molecule has 1 heterocycles. The fraction of sp³-hybridized carbons (Fsp3) is 0.455. The summed E-state index contributed by atoms with van der Waals surface area (Å²) in [7, 11) is 3.61.